The molecule has 0 saturated heterocycles. The Balaban J connectivity index is 1.96. The SMILES string of the molecule is O=C1CCC(OC(=O)c2ccc([N+](=O)[O-])cc2)CC1. The summed E-state index contributed by atoms with van der Waals surface area (Å²) >= 11 is 0. The predicted octanol–water partition coefficient (Wildman–Crippen LogP) is 2.26. The topological polar surface area (TPSA) is 86.5 Å². The van der Waals surface area contributed by atoms with Crippen LogP contribution in [0.4, 0.5) is 5.69 Å². The smallest absolute Gasteiger partial charge is 0.338 e. The van der Waals surface area contributed by atoms with Gasteiger partial charge in [0.15, 0.2) is 0 Å². The molecule has 0 atom stereocenters. The second kappa shape index (κ2) is 5.60. The lowest BCUT2D eigenvalue weighted by atomic mass is 9.96. The summed E-state index contributed by atoms with van der Waals surface area (Å²) in [6.45, 7) is 0. The number of nitro benzene ring substituents is 1. The highest BCUT2D eigenvalue weighted by molar-refractivity contribution is 5.90. The van der Waals surface area contributed by atoms with Crippen LogP contribution in [0.3, 0.4) is 0 Å². The summed E-state index contributed by atoms with van der Waals surface area (Å²) in [5.41, 5.74) is 0.210. The number of esters is 1. The fraction of sp³-hybridized carbons (Fsp3) is 0.385. The molecule has 100 valence electrons. The maximum Gasteiger partial charge on any atom is 0.338 e. The number of carbonyl (C=O) groups is 2. The first-order valence-corrected chi connectivity index (χ1v) is 6.03. The monoisotopic (exact) mass is 263 g/mol. The Morgan fingerprint density at radius 2 is 1.79 bits per heavy atom. The van der Waals surface area contributed by atoms with Gasteiger partial charge in [-0.15, -0.1) is 0 Å². The predicted molar refractivity (Wildman–Crippen MR) is 65.8 cm³/mol. The maximum atomic E-state index is 11.8. The highest BCUT2D eigenvalue weighted by Gasteiger charge is 2.22. The second-order valence-corrected chi connectivity index (χ2v) is 4.45. The van der Waals surface area contributed by atoms with Crippen LogP contribution in [0.15, 0.2) is 24.3 Å². The van der Waals surface area contributed by atoms with Crippen LogP contribution >= 0.6 is 0 Å². The van der Waals surface area contributed by atoms with Crippen molar-refractivity contribution in [1.82, 2.24) is 0 Å². The molecule has 1 aliphatic carbocycles. The number of benzene rings is 1. The van der Waals surface area contributed by atoms with Crippen LogP contribution < -0.4 is 0 Å². The van der Waals surface area contributed by atoms with E-state index < -0.39 is 10.9 Å². The standard InChI is InChI=1S/C13H13NO5/c15-11-5-7-12(8-6-11)19-13(16)9-1-3-10(4-2-9)14(17)18/h1-4,12H,5-8H2. The van der Waals surface area contributed by atoms with E-state index in [1.165, 1.54) is 24.3 Å². The van der Waals surface area contributed by atoms with E-state index >= 15 is 0 Å². The normalized spacial score (nSPS) is 16.1. The van der Waals surface area contributed by atoms with Gasteiger partial charge in [0, 0.05) is 25.0 Å². The summed E-state index contributed by atoms with van der Waals surface area (Å²) in [6.07, 6.45) is 1.76. The van der Waals surface area contributed by atoms with Gasteiger partial charge < -0.3 is 4.74 Å². The minimum Gasteiger partial charge on any atom is -0.459 e. The summed E-state index contributed by atoms with van der Waals surface area (Å²) in [5, 5.41) is 10.5. The van der Waals surface area contributed by atoms with Crippen molar-refractivity contribution in [2.24, 2.45) is 0 Å². The van der Waals surface area contributed by atoms with Crippen molar-refractivity contribution in [3.63, 3.8) is 0 Å². The number of ketones is 1. The molecule has 1 fully saturated rings. The third kappa shape index (κ3) is 3.37. The van der Waals surface area contributed by atoms with E-state index in [-0.39, 0.29) is 23.1 Å². The van der Waals surface area contributed by atoms with Gasteiger partial charge in [0.2, 0.25) is 0 Å². The first-order valence-electron chi connectivity index (χ1n) is 6.03. The third-order valence-corrected chi connectivity index (χ3v) is 3.08. The number of ether oxygens (including phenoxy) is 1. The Bertz CT molecular complexity index is 498. The zero-order valence-electron chi connectivity index (χ0n) is 10.2. The van der Waals surface area contributed by atoms with Gasteiger partial charge in [-0.25, -0.2) is 4.79 Å². The number of Topliss-reactive ketones (excluding diaryl/α,β-unsaturated/α-hetero) is 1. The molecule has 1 aromatic carbocycles. The minimum absolute atomic E-state index is 0.0696. The average Bonchev–Trinajstić information content (AvgIpc) is 2.41. The van der Waals surface area contributed by atoms with E-state index in [0.29, 0.717) is 25.7 Å². The summed E-state index contributed by atoms with van der Waals surface area (Å²) in [6, 6.07) is 5.27. The van der Waals surface area contributed by atoms with Gasteiger partial charge >= 0.3 is 5.97 Å². The van der Waals surface area contributed by atoms with E-state index in [0.717, 1.165) is 0 Å². The molecule has 2 rings (SSSR count). The number of hydrogen-bond donors (Lipinski definition) is 0. The number of rotatable bonds is 3. The van der Waals surface area contributed by atoms with Gasteiger partial charge in [-0.3, -0.25) is 14.9 Å². The van der Waals surface area contributed by atoms with Crippen LogP contribution in [-0.4, -0.2) is 22.8 Å². The van der Waals surface area contributed by atoms with Gasteiger partial charge in [-0.1, -0.05) is 0 Å². The Labute approximate surface area is 109 Å². The molecule has 0 heterocycles. The van der Waals surface area contributed by atoms with E-state index in [1.807, 2.05) is 0 Å². The number of non-ortho nitro benzene ring substituents is 1. The van der Waals surface area contributed by atoms with Crippen molar-refractivity contribution in [1.29, 1.82) is 0 Å². The van der Waals surface area contributed by atoms with Gasteiger partial charge in [0.1, 0.15) is 11.9 Å². The molecule has 0 N–H and O–H groups in total. The fourth-order valence-electron chi connectivity index (χ4n) is 1.97. The van der Waals surface area contributed by atoms with Gasteiger partial charge in [0.25, 0.3) is 5.69 Å². The Kier molecular flexibility index (Phi) is 3.89. The molecular formula is C13H13NO5. The van der Waals surface area contributed by atoms with Crippen LogP contribution in [0.1, 0.15) is 36.0 Å². The van der Waals surface area contributed by atoms with E-state index in [9.17, 15) is 19.7 Å². The van der Waals surface area contributed by atoms with Crippen molar-refractivity contribution >= 4 is 17.4 Å². The largest absolute Gasteiger partial charge is 0.459 e. The first-order chi connectivity index (χ1) is 9.06. The average molecular weight is 263 g/mol. The molecule has 1 saturated carbocycles. The summed E-state index contributed by atoms with van der Waals surface area (Å²) < 4.78 is 5.27. The molecule has 0 aliphatic heterocycles. The maximum absolute atomic E-state index is 11.8. The Morgan fingerprint density at radius 3 is 2.32 bits per heavy atom. The van der Waals surface area contributed by atoms with Crippen LogP contribution in [0, 0.1) is 10.1 Å². The van der Waals surface area contributed by atoms with Crippen molar-refractivity contribution < 1.29 is 19.2 Å². The lowest BCUT2D eigenvalue weighted by molar-refractivity contribution is -0.384. The molecule has 1 aliphatic rings. The minimum atomic E-state index is -0.526. The summed E-state index contributed by atoms with van der Waals surface area (Å²) in [4.78, 5) is 32.8. The van der Waals surface area contributed by atoms with Crippen molar-refractivity contribution in [2.45, 2.75) is 31.8 Å². The Hall–Kier alpha value is -2.24. The molecule has 6 heteroatoms. The van der Waals surface area contributed by atoms with Gasteiger partial charge in [0.05, 0.1) is 10.5 Å². The molecule has 19 heavy (non-hydrogen) atoms. The molecule has 1 aromatic rings. The summed E-state index contributed by atoms with van der Waals surface area (Å²) in [7, 11) is 0. The third-order valence-electron chi connectivity index (χ3n) is 3.08. The fourth-order valence-corrected chi connectivity index (χ4v) is 1.97. The van der Waals surface area contributed by atoms with Gasteiger partial charge in [-0.2, -0.15) is 0 Å². The Morgan fingerprint density at radius 1 is 1.21 bits per heavy atom. The molecule has 0 spiro atoms. The quantitative estimate of drug-likeness (QED) is 0.474. The zero-order chi connectivity index (χ0) is 13.8. The van der Waals surface area contributed by atoms with Crippen molar-refractivity contribution in [2.75, 3.05) is 0 Å². The van der Waals surface area contributed by atoms with E-state index in [4.69, 9.17) is 4.74 Å². The summed E-state index contributed by atoms with van der Waals surface area (Å²) in [5.74, 6) is -0.308. The van der Waals surface area contributed by atoms with Crippen molar-refractivity contribution in [3.05, 3.63) is 39.9 Å². The molecule has 0 amide bonds. The van der Waals surface area contributed by atoms with Crippen LogP contribution in [-0.2, 0) is 9.53 Å². The van der Waals surface area contributed by atoms with Crippen LogP contribution in [0.25, 0.3) is 0 Å². The molecule has 0 radical (unpaired) electrons. The lowest BCUT2D eigenvalue weighted by Gasteiger charge is -2.21. The van der Waals surface area contributed by atoms with Gasteiger partial charge in [-0.05, 0) is 25.0 Å². The lowest BCUT2D eigenvalue weighted by Crippen LogP contribution is -2.24. The second-order valence-electron chi connectivity index (χ2n) is 4.45. The first kappa shape index (κ1) is 13.2. The molecule has 6 nitrogen and oxygen atoms in total. The highest BCUT2D eigenvalue weighted by atomic mass is 16.6. The number of carbonyl (C=O) groups excluding carboxylic acids is 2. The van der Waals surface area contributed by atoms with E-state index in [2.05, 4.69) is 0 Å². The molecule has 0 bridgehead atoms. The molecule has 0 aromatic heterocycles. The number of nitrogens with zero attached hydrogens (tertiary/aromatic N) is 1. The van der Waals surface area contributed by atoms with E-state index in [1.54, 1.807) is 0 Å². The van der Waals surface area contributed by atoms with Crippen LogP contribution in [0.5, 0.6) is 0 Å². The van der Waals surface area contributed by atoms with Crippen LogP contribution in [0.2, 0.25) is 0 Å². The molecule has 0 unspecified atom stereocenters. The zero-order valence-corrected chi connectivity index (χ0v) is 10.2. The number of nitro groups is 1. The molecular weight excluding hydrogens is 250 g/mol. The van der Waals surface area contributed by atoms with Crippen molar-refractivity contribution in [3.8, 4) is 0 Å². The number of hydrogen-bond acceptors (Lipinski definition) is 5. The highest BCUT2D eigenvalue weighted by Crippen LogP contribution is 2.20.